The summed E-state index contributed by atoms with van der Waals surface area (Å²) < 4.78 is 16.6. The molecule has 0 saturated heterocycles. The first-order valence-corrected chi connectivity index (χ1v) is 12.9. The van der Waals surface area contributed by atoms with E-state index in [0.29, 0.717) is 35.4 Å². The fourth-order valence-electron chi connectivity index (χ4n) is 6.29. The minimum atomic E-state index is -1.05. The highest BCUT2D eigenvalue weighted by Crippen LogP contribution is 2.51. The SMILES string of the molecule is COc1ccccc1[C@H]1CC(=O)C2=C(C1)NC(C)=C(C(=O)OCc1cnco1)C2(C)c1cccc2[nH]ccc12. The molecule has 2 N–H and O–H groups in total. The van der Waals surface area contributed by atoms with Gasteiger partial charge in [-0.05, 0) is 49.6 Å². The molecule has 6 rings (SSSR count). The van der Waals surface area contributed by atoms with Gasteiger partial charge in [-0.2, -0.15) is 0 Å². The zero-order valence-electron chi connectivity index (χ0n) is 22.0. The molecule has 2 aromatic heterocycles. The van der Waals surface area contributed by atoms with Gasteiger partial charge in [0.15, 0.2) is 24.5 Å². The number of aromatic nitrogens is 2. The summed E-state index contributed by atoms with van der Waals surface area (Å²) in [5, 5.41) is 4.38. The average molecular weight is 524 g/mol. The lowest BCUT2D eigenvalue weighted by molar-refractivity contribution is -0.141. The van der Waals surface area contributed by atoms with E-state index >= 15 is 0 Å². The van der Waals surface area contributed by atoms with Crippen LogP contribution < -0.4 is 10.1 Å². The number of esters is 1. The van der Waals surface area contributed by atoms with E-state index in [1.807, 2.05) is 68.6 Å². The van der Waals surface area contributed by atoms with Crippen LogP contribution in [0.15, 0.2) is 94.3 Å². The molecular formula is C31H29N3O5. The summed E-state index contributed by atoms with van der Waals surface area (Å²) in [5.41, 5.74) is 4.21. The first kappa shape index (κ1) is 24.7. The van der Waals surface area contributed by atoms with E-state index in [1.54, 1.807) is 7.11 Å². The number of H-pyrrole nitrogens is 1. The number of methoxy groups -OCH3 is 1. The first-order valence-electron chi connectivity index (χ1n) is 12.9. The predicted octanol–water partition coefficient (Wildman–Crippen LogP) is 5.44. The normalized spacial score (nSPS) is 21.1. The van der Waals surface area contributed by atoms with E-state index in [2.05, 4.69) is 15.3 Å². The number of hydrogen-bond donors (Lipinski definition) is 2. The van der Waals surface area contributed by atoms with Crippen molar-refractivity contribution in [1.82, 2.24) is 15.3 Å². The molecule has 0 bridgehead atoms. The fourth-order valence-corrected chi connectivity index (χ4v) is 6.29. The van der Waals surface area contributed by atoms with Crippen molar-refractivity contribution in [2.24, 2.45) is 0 Å². The number of dihydropyridines is 1. The number of oxazole rings is 1. The second-order valence-corrected chi connectivity index (χ2v) is 10.2. The highest BCUT2D eigenvalue weighted by Gasteiger charge is 2.50. The molecule has 1 unspecified atom stereocenters. The smallest absolute Gasteiger partial charge is 0.337 e. The van der Waals surface area contributed by atoms with E-state index in [9.17, 15) is 9.59 Å². The second-order valence-electron chi connectivity index (χ2n) is 10.2. The molecule has 0 radical (unpaired) electrons. The molecule has 2 aliphatic rings. The van der Waals surface area contributed by atoms with E-state index in [1.165, 1.54) is 12.6 Å². The Morgan fingerprint density at radius 2 is 2.00 bits per heavy atom. The summed E-state index contributed by atoms with van der Waals surface area (Å²) in [7, 11) is 1.64. The predicted molar refractivity (Wildman–Crippen MR) is 145 cm³/mol. The van der Waals surface area contributed by atoms with Crippen molar-refractivity contribution >= 4 is 22.7 Å². The Bertz CT molecular complexity index is 1650. The number of nitrogens with zero attached hydrogens (tertiary/aromatic N) is 1. The molecule has 4 aromatic rings. The van der Waals surface area contributed by atoms with E-state index in [0.717, 1.165) is 33.5 Å². The number of Topliss-reactive ketones (excluding diaryl/α,β-unsaturated/α-hetero) is 1. The maximum absolute atomic E-state index is 14.2. The molecule has 8 nitrogen and oxygen atoms in total. The van der Waals surface area contributed by atoms with Gasteiger partial charge in [0, 0.05) is 46.4 Å². The highest BCUT2D eigenvalue weighted by atomic mass is 16.5. The number of hydrogen-bond acceptors (Lipinski definition) is 7. The molecule has 8 heteroatoms. The Morgan fingerprint density at radius 1 is 1.15 bits per heavy atom. The number of ketones is 1. The van der Waals surface area contributed by atoms with Crippen LogP contribution in [-0.4, -0.2) is 28.8 Å². The van der Waals surface area contributed by atoms with Gasteiger partial charge in [0.25, 0.3) is 0 Å². The zero-order chi connectivity index (χ0) is 27.1. The number of rotatable bonds is 6. The van der Waals surface area contributed by atoms with Crippen molar-refractivity contribution in [2.75, 3.05) is 7.11 Å². The minimum absolute atomic E-state index is 0.0114. The summed E-state index contributed by atoms with van der Waals surface area (Å²) in [5.74, 6) is 0.618. The van der Waals surface area contributed by atoms with Crippen LogP contribution in [0.4, 0.5) is 0 Å². The molecule has 3 heterocycles. The van der Waals surface area contributed by atoms with Gasteiger partial charge in [0.2, 0.25) is 0 Å². The van der Waals surface area contributed by atoms with Crippen molar-refractivity contribution in [3.05, 3.63) is 107 Å². The molecule has 2 atom stereocenters. The number of benzene rings is 2. The van der Waals surface area contributed by atoms with Gasteiger partial charge in [-0.1, -0.05) is 30.3 Å². The lowest BCUT2D eigenvalue weighted by atomic mass is 9.62. The van der Waals surface area contributed by atoms with Gasteiger partial charge >= 0.3 is 5.97 Å². The third-order valence-corrected chi connectivity index (χ3v) is 7.92. The summed E-state index contributed by atoms with van der Waals surface area (Å²) in [6.45, 7) is 3.76. The van der Waals surface area contributed by atoms with Crippen LogP contribution in [0.25, 0.3) is 10.9 Å². The van der Waals surface area contributed by atoms with Crippen molar-refractivity contribution < 1.29 is 23.5 Å². The maximum atomic E-state index is 14.2. The van der Waals surface area contributed by atoms with Gasteiger partial charge < -0.3 is 24.2 Å². The average Bonchev–Trinajstić information content (AvgIpc) is 3.63. The number of carbonyl (C=O) groups is 2. The molecule has 198 valence electrons. The van der Waals surface area contributed by atoms with Crippen LogP contribution in [-0.2, 0) is 26.3 Å². The molecule has 1 aliphatic heterocycles. The van der Waals surface area contributed by atoms with Gasteiger partial charge in [-0.25, -0.2) is 9.78 Å². The quantitative estimate of drug-likeness (QED) is 0.324. The topological polar surface area (TPSA) is 106 Å². The molecule has 2 aromatic carbocycles. The summed E-state index contributed by atoms with van der Waals surface area (Å²) in [6, 6.07) is 15.7. The van der Waals surface area contributed by atoms with Crippen LogP contribution in [0.2, 0.25) is 0 Å². The summed E-state index contributed by atoms with van der Waals surface area (Å²) in [4.78, 5) is 35.1. The van der Waals surface area contributed by atoms with Crippen molar-refractivity contribution in [1.29, 1.82) is 0 Å². The Hall–Kier alpha value is -4.59. The monoisotopic (exact) mass is 523 g/mol. The van der Waals surface area contributed by atoms with Gasteiger partial charge in [0.1, 0.15) is 5.75 Å². The first-order chi connectivity index (χ1) is 18.9. The largest absolute Gasteiger partial charge is 0.496 e. The number of nitrogens with one attached hydrogen (secondary N) is 2. The molecular weight excluding hydrogens is 494 g/mol. The number of aromatic amines is 1. The third-order valence-electron chi connectivity index (χ3n) is 7.92. The Kier molecular flexibility index (Phi) is 6.10. The van der Waals surface area contributed by atoms with E-state index in [-0.39, 0.29) is 18.3 Å². The van der Waals surface area contributed by atoms with Crippen molar-refractivity contribution in [3.63, 3.8) is 0 Å². The fraction of sp³-hybridized carbons (Fsp3) is 0.258. The van der Waals surface area contributed by atoms with E-state index in [4.69, 9.17) is 13.9 Å². The lowest BCUT2D eigenvalue weighted by Gasteiger charge is -2.43. The molecule has 0 spiro atoms. The van der Waals surface area contributed by atoms with Crippen molar-refractivity contribution in [2.45, 2.75) is 44.6 Å². The molecule has 0 amide bonds. The van der Waals surface area contributed by atoms with E-state index < -0.39 is 11.4 Å². The van der Waals surface area contributed by atoms with Crippen LogP contribution in [0, 0.1) is 0 Å². The molecule has 0 fully saturated rings. The van der Waals surface area contributed by atoms with Crippen LogP contribution >= 0.6 is 0 Å². The van der Waals surface area contributed by atoms with Crippen molar-refractivity contribution in [3.8, 4) is 5.75 Å². The molecule has 1 aliphatic carbocycles. The van der Waals surface area contributed by atoms with Gasteiger partial charge in [-0.3, -0.25) is 4.79 Å². The minimum Gasteiger partial charge on any atom is -0.496 e. The number of fused-ring (bicyclic) bond motifs is 1. The van der Waals surface area contributed by atoms with Crippen LogP contribution in [0.3, 0.4) is 0 Å². The van der Waals surface area contributed by atoms with Crippen LogP contribution in [0.5, 0.6) is 5.75 Å². The summed E-state index contributed by atoms with van der Waals surface area (Å²) in [6.07, 6.45) is 5.59. The molecule has 39 heavy (non-hydrogen) atoms. The Balaban J connectivity index is 1.48. The highest BCUT2D eigenvalue weighted by molar-refractivity contribution is 6.07. The Morgan fingerprint density at radius 3 is 2.79 bits per heavy atom. The standard InChI is InChI=1S/C31H29N3O5/c1-18-28(30(36)38-16-20-15-32-17-39-20)31(2,23-8-6-9-24-22(23)11-12-33-24)29-25(34-18)13-19(14-26(29)35)21-7-4-5-10-27(21)37-3/h4-12,15,17,19,33-34H,13-14,16H2,1-3H3/t19-,31?/m1/s1. The molecule has 0 saturated carbocycles. The lowest BCUT2D eigenvalue weighted by Crippen LogP contribution is -2.45. The second kappa shape index (κ2) is 9.62. The number of allylic oxidation sites excluding steroid dienone is 3. The summed E-state index contributed by atoms with van der Waals surface area (Å²) >= 11 is 0. The van der Waals surface area contributed by atoms with Gasteiger partial charge in [0.05, 0.1) is 24.3 Å². The Labute approximate surface area is 225 Å². The van der Waals surface area contributed by atoms with Crippen LogP contribution in [0.1, 0.15) is 49.5 Å². The number of carbonyl (C=O) groups excluding carboxylic acids is 2. The third kappa shape index (κ3) is 4.03. The number of ether oxygens (including phenoxy) is 2. The maximum Gasteiger partial charge on any atom is 0.337 e. The number of para-hydroxylation sites is 1. The van der Waals surface area contributed by atoms with Gasteiger partial charge in [-0.15, -0.1) is 0 Å². The zero-order valence-corrected chi connectivity index (χ0v) is 22.0.